The van der Waals surface area contributed by atoms with E-state index in [1.54, 1.807) is 12.1 Å². The minimum absolute atomic E-state index is 0.143. The lowest BCUT2D eigenvalue weighted by Gasteiger charge is -2.00. The number of carboxylic acids is 1. The summed E-state index contributed by atoms with van der Waals surface area (Å²) in [6.45, 7) is 0. The van der Waals surface area contributed by atoms with Crippen LogP contribution in [0.15, 0.2) is 24.2 Å². The summed E-state index contributed by atoms with van der Waals surface area (Å²) in [5, 5.41) is 8.53. The molecule has 64 valence electrons. The Labute approximate surface area is 72.0 Å². The first-order valence-corrected chi connectivity index (χ1v) is 3.49. The highest BCUT2D eigenvalue weighted by molar-refractivity contribution is 5.70. The van der Waals surface area contributed by atoms with Crippen molar-refractivity contribution in [3.05, 3.63) is 29.8 Å². The Morgan fingerprint density at radius 2 is 2.58 bits per heavy atom. The molecular formula is C9H10O3. The molecule has 0 aliphatic carbocycles. The Morgan fingerprint density at radius 3 is 3.17 bits per heavy atom. The molecule has 0 fully saturated rings. The average molecular weight is 167 g/mol. The standard InChI is InChI=1S/C9H10O3/c1-12-8-4-2-3-7(5-8)6-9(10)11/h2-5H,6H2,1H3,(H,10,11)/i3D. The quantitative estimate of drug-likeness (QED) is 0.738. The molecule has 0 radical (unpaired) electrons. The van der Waals surface area contributed by atoms with E-state index in [9.17, 15) is 4.79 Å². The molecule has 0 heterocycles. The zero-order valence-corrected chi connectivity index (χ0v) is 6.70. The SMILES string of the molecule is [2H]c1ccc(OC)cc1CC(=O)O. The summed E-state index contributed by atoms with van der Waals surface area (Å²) in [6, 6.07) is 4.95. The lowest BCUT2D eigenvalue weighted by molar-refractivity contribution is -0.136. The number of benzene rings is 1. The van der Waals surface area contributed by atoms with Crippen LogP contribution in [0, 0.1) is 0 Å². The van der Waals surface area contributed by atoms with E-state index >= 15 is 0 Å². The molecule has 0 atom stereocenters. The fourth-order valence-corrected chi connectivity index (χ4v) is 0.884. The number of aliphatic carboxylic acids is 1. The molecule has 1 N–H and O–H groups in total. The smallest absolute Gasteiger partial charge is 0.307 e. The molecule has 1 rings (SSSR count). The molecule has 0 spiro atoms. The van der Waals surface area contributed by atoms with Crippen LogP contribution in [0.2, 0.25) is 0 Å². The topological polar surface area (TPSA) is 46.5 Å². The van der Waals surface area contributed by atoms with Crippen LogP contribution in [0.3, 0.4) is 0 Å². The Balaban J connectivity index is 2.96. The first-order valence-electron chi connectivity index (χ1n) is 3.99. The zero-order valence-electron chi connectivity index (χ0n) is 7.70. The fraction of sp³-hybridized carbons (Fsp3) is 0.222. The number of carboxylic acid groups (broad SMARTS) is 1. The summed E-state index contributed by atoms with van der Waals surface area (Å²) < 4.78 is 12.3. The number of rotatable bonds is 3. The van der Waals surface area contributed by atoms with Gasteiger partial charge in [0.1, 0.15) is 5.75 Å². The van der Waals surface area contributed by atoms with Gasteiger partial charge in [0.15, 0.2) is 0 Å². The first kappa shape index (κ1) is 7.16. The van der Waals surface area contributed by atoms with E-state index in [4.69, 9.17) is 11.2 Å². The van der Waals surface area contributed by atoms with Crippen LogP contribution in [0.25, 0.3) is 0 Å². The van der Waals surface area contributed by atoms with Gasteiger partial charge in [-0.25, -0.2) is 0 Å². The van der Waals surface area contributed by atoms with Gasteiger partial charge in [-0.15, -0.1) is 0 Å². The van der Waals surface area contributed by atoms with Gasteiger partial charge in [0.05, 0.1) is 14.9 Å². The molecule has 1 aromatic rings. The van der Waals surface area contributed by atoms with Crippen molar-refractivity contribution in [1.29, 1.82) is 0 Å². The highest BCUT2D eigenvalue weighted by Gasteiger charge is 2.00. The van der Waals surface area contributed by atoms with Gasteiger partial charge in [-0.1, -0.05) is 12.1 Å². The summed E-state index contributed by atoms with van der Waals surface area (Å²) in [7, 11) is 1.50. The lowest BCUT2D eigenvalue weighted by atomic mass is 10.1. The summed E-state index contributed by atoms with van der Waals surface area (Å²) in [5.41, 5.74) is 0.465. The third-order valence-corrected chi connectivity index (χ3v) is 1.41. The van der Waals surface area contributed by atoms with Crippen molar-refractivity contribution in [3.8, 4) is 5.75 Å². The molecule has 0 aliphatic rings. The third-order valence-electron chi connectivity index (χ3n) is 1.41. The maximum Gasteiger partial charge on any atom is 0.307 e. The molecule has 0 amide bonds. The van der Waals surface area contributed by atoms with E-state index < -0.39 is 5.97 Å². The van der Waals surface area contributed by atoms with E-state index in [1.165, 1.54) is 13.2 Å². The van der Waals surface area contributed by atoms with Gasteiger partial charge < -0.3 is 9.84 Å². The molecule has 1 aromatic carbocycles. The third kappa shape index (κ3) is 2.27. The van der Waals surface area contributed by atoms with E-state index in [-0.39, 0.29) is 12.5 Å². The Kier molecular flexibility index (Phi) is 2.24. The predicted molar refractivity (Wildman–Crippen MR) is 44.3 cm³/mol. The normalized spacial score (nSPS) is 10.6. The minimum atomic E-state index is -0.943. The second-order valence-corrected chi connectivity index (χ2v) is 2.32. The van der Waals surface area contributed by atoms with Crippen LogP contribution in [0.5, 0.6) is 5.75 Å². The van der Waals surface area contributed by atoms with Crippen molar-refractivity contribution in [2.24, 2.45) is 0 Å². The van der Waals surface area contributed by atoms with Gasteiger partial charge in [-0.2, -0.15) is 0 Å². The Bertz CT molecular complexity index is 323. The van der Waals surface area contributed by atoms with Crippen molar-refractivity contribution in [1.82, 2.24) is 0 Å². The molecule has 0 unspecified atom stereocenters. The van der Waals surface area contributed by atoms with Crippen molar-refractivity contribution in [2.75, 3.05) is 7.11 Å². The Morgan fingerprint density at radius 1 is 1.83 bits per heavy atom. The molecule has 0 aromatic heterocycles. The molecule has 0 saturated carbocycles. The molecule has 0 saturated heterocycles. The van der Waals surface area contributed by atoms with Crippen molar-refractivity contribution in [2.45, 2.75) is 6.42 Å². The number of methoxy groups -OCH3 is 1. The van der Waals surface area contributed by atoms with Crippen molar-refractivity contribution in [3.63, 3.8) is 0 Å². The highest BCUT2D eigenvalue weighted by atomic mass is 16.5. The maximum absolute atomic E-state index is 10.4. The van der Waals surface area contributed by atoms with E-state index in [0.29, 0.717) is 11.3 Å². The number of hydrogen-bond donors (Lipinski definition) is 1. The van der Waals surface area contributed by atoms with Gasteiger partial charge in [-0.05, 0) is 17.7 Å². The van der Waals surface area contributed by atoms with Crippen LogP contribution in [-0.4, -0.2) is 18.2 Å². The second-order valence-electron chi connectivity index (χ2n) is 2.32. The molecule has 12 heavy (non-hydrogen) atoms. The van der Waals surface area contributed by atoms with Gasteiger partial charge in [0.25, 0.3) is 0 Å². The molecule has 3 nitrogen and oxygen atoms in total. The van der Waals surface area contributed by atoms with E-state index in [1.807, 2.05) is 0 Å². The molecule has 0 aliphatic heterocycles. The van der Waals surface area contributed by atoms with E-state index in [0.717, 1.165) is 0 Å². The number of hydrogen-bond acceptors (Lipinski definition) is 2. The Hall–Kier alpha value is -1.51. The van der Waals surface area contributed by atoms with Crippen LogP contribution < -0.4 is 4.74 Å². The average Bonchev–Trinajstić information content (AvgIpc) is 2.08. The van der Waals surface area contributed by atoms with Gasteiger partial charge in [-0.3, -0.25) is 4.79 Å². The zero-order chi connectivity index (χ0) is 9.84. The molecule has 0 bridgehead atoms. The number of carbonyl (C=O) groups is 1. The summed E-state index contributed by atoms with van der Waals surface area (Å²) in [6.07, 6.45) is -0.143. The minimum Gasteiger partial charge on any atom is -0.497 e. The largest absolute Gasteiger partial charge is 0.497 e. The fourth-order valence-electron chi connectivity index (χ4n) is 0.884. The second kappa shape index (κ2) is 3.76. The van der Waals surface area contributed by atoms with Crippen LogP contribution in [0.4, 0.5) is 0 Å². The van der Waals surface area contributed by atoms with Crippen molar-refractivity contribution >= 4 is 5.97 Å². The lowest BCUT2D eigenvalue weighted by Crippen LogP contribution is -1.99. The molecular weight excluding hydrogens is 156 g/mol. The van der Waals surface area contributed by atoms with Gasteiger partial charge in [0.2, 0.25) is 0 Å². The van der Waals surface area contributed by atoms with Crippen LogP contribution in [0.1, 0.15) is 6.93 Å². The highest BCUT2D eigenvalue weighted by Crippen LogP contribution is 2.12. The van der Waals surface area contributed by atoms with E-state index in [2.05, 4.69) is 0 Å². The predicted octanol–water partition coefficient (Wildman–Crippen LogP) is 1.32. The molecule has 3 heteroatoms. The summed E-state index contributed by atoms with van der Waals surface area (Å²) in [4.78, 5) is 10.4. The summed E-state index contributed by atoms with van der Waals surface area (Å²) >= 11 is 0. The maximum atomic E-state index is 10.4. The van der Waals surface area contributed by atoms with Gasteiger partial charge in [0, 0.05) is 0 Å². The number of ether oxygens (including phenoxy) is 1. The van der Waals surface area contributed by atoms with Gasteiger partial charge >= 0.3 is 5.97 Å². The monoisotopic (exact) mass is 167 g/mol. The van der Waals surface area contributed by atoms with Crippen LogP contribution >= 0.6 is 0 Å². The summed E-state index contributed by atoms with van der Waals surface area (Å²) in [5.74, 6) is -0.367. The van der Waals surface area contributed by atoms with Crippen molar-refractivity contribution < 1.29 is 16.0 Å². The van der Waals surface area contributed by atoms with Crippen LogP contribution in [-0.2, 0) is 11.2 Å². The first-order chi connectivity index (χ1) is 6.13.